The lowest BCUT2D eigenvalue weighted by Gasteiger charge is -2.40. The van der Waals surface area contributed by atoms with Gasteiger partial charge in [-0.1, -0.05) is 18.2 Å². The van der Waals surface area contributed by atoms with Crippen LogP contribution >= 0.6 is 0 Å². The second-order valence-electron chi connectivity index (χ2n) is 10.2. The van der Waals surface area contributed by atoms with E-state index in [0.29, 0.717) is 24.2 Å². The zero-order chi connectivity index (χ0) is 25.8. The summed E-state index contributed by atoms with van der Waals surface area (Å²) in [6, 6.07) is 14.5. The first-order chi connectivity index (χ1) is 17.8. The maximum absolute atomic E-state index is 14.5. The van der Waals surface area contributed by atoms with E-state index in [1.54, 1.807) is 35.5 Å². The quantitative estimate of drug-likeness (QED) is 0.456. The fourth-order valence-corrected chi connectivity index (χ4v) is 6.35. The van der Waals surface area contributed by atoms with Gasteiger partial charge in [0.1, 0.15) is 5.82 Å². The number of benzene rings is 2. The van der Waals surface area contributed by atoms with Crippen LogP contribution in [0.4, 0.5) is 24.5 Å². The predicted octanol–water partition coefficient (Wildman–Crippen LogP) is 5.56. The van der Waals surface area contributed by atoms with Crippen LogP contribution in [-0.2, 0) is 28.0 Å². The van der Waals surface area contributed by atoms with E-state index in [4.69, 9.17) is 0 Å². The zero-order valence-corrected chi connectivity index (χ0v) is 20.2. The highest BCUT2D eigenvalue weighted by Gasteiger charge is 2.61. The van der Waals surface area contributed by atoms with Crippen LogP contribution in [0.3, 0.4) is 0 Å². The molecule has 5 nitrogen and oxygen atoms in total. The Morgan fingerprint density at radius 3 is 2.49 bits per heavy atom. The highest BCUT2D eigenvalue weighted by molar-refractivity contribution is 6.16. The van der Waals surface area contributed by atoms with Gasteiger partial charge in [0.15, 0.2) is 5.54 Å². The molecule has 0 saturated heterocycles. The molecule has 8 heteroatoms. The molecule has 2 aromatic carbocycles. The number of hydrogen-bond acceptors (Lipinski definition) is 3. The number of alkyl halides is 2. The van der Waals surface area contributed by atoms with E-state index >= 15 is 0 Å². The van der Waals surface area contributed by atoms with Gasteiger partial charge in [-0.25, -0.2) is 13.2 Å². The van der Waals surface area contributed by atoms with E-state index in [0.717, 1.165) is 16.7 Å². The third-order valence-corrected chi connectivity index (χ3v) is 7.98. The molecule has 1 saturated carbocycles. The van der Waals surface area contributed by atoms with Crippen molar-refractivity contribution in [3.63, 3.8) is 0 Å². The van der Waals surface area contributed by atoms with Crippen molar-refractivity contribution in [3.8, 4) is 0 Å². The molecule has 6 rings (SSSR count). The highest BCUT2D eigenvalue weighted by Crippen LogP contribution is 2.55. The maximum atomic E-state index is 14.5. The Bertz CT molecular complexity index is 1370. The van der Waals surface area contributed by atoms with Crippen LogP contribution in [0, 0.1) is 5.82 Å². The second-order valence-corrected chi connectivity index (χ2v) is 10.2. The molecule has 0 N–H and O–H groups in total. The third-order valence-electron chi connectivity index (χ3n) is 7.98. The van der Waals surface area contributed by atoms with Crippen molar-refractivity contribution in [2.24, 2.45) is 0 Å². The smallest absolute Gasteiger partial charge is 0.258 e. The summed E-state index contributed by atoms with van der Waals surface area (Å²) in [7, 11) is 0. The summed E-state index contributed by atoms with van der Waals surface area (Å²) in [5, 5.41) is 0. The van der Waals surface area contributed by atoms with Crippen LogP contribution in [0.1, 0.15) is 48.8 Å². The number of aromatic nitrogens is 1. The average molecular weight is 506 g/mol. The van der Waals surface area contributed by atoms with Crippen molar-refractivity contribution in [3.05, 3.63) is 89.5 Å². The van der Waals surface area contributed by atoms with Gasteiger partial charge in [-0.3, -0.25) is 19.5 Å². The Hall–Kier alpha value is -3.68. The summed E-state index contributed by atoms with van der Waals surface area (Å²) < 4.78 is 42.4. The number of hydrogen-bond donors (Lipinski definition) is 0. The van der Waals surface area contributed by atoms with Crippen molar-refractivity contribution in [2.75, 3.05) is 9.80 Å². The minimum atomic E-state index is -2.73. The molecule has 2 aliphatic carbocycles. The fourth-order valence-electron chi connectivity index (χ4n) is 6.35. The van der Waals surface area contributed by atoms with Crippen molar-refractivity contribution < 1.29 is 22.8 Å². The van der Waals surface area contributed by atoms with Gasteiger partial charge in [0.05, 0.1) is 12.1 Å². The van der Waals surface area contributed by atoms with E-state index in [1.807, 2.05) is 18.2 Å². The Kier molecular flexibility index (Phi) is 5.58. The number of halogens is 3. The molecule has 0 bridgehead atoms. The average Bonchev–Trinajstić information content (AvgIpc) is 3.38. The molecule has 190 valence electrons. The molecule has 1 unspecified atom stereocenters. The standard InChI is InChI=1S/C29H26F3N3O2/c30-21-4-2-5-23(18-21)35(25(36)17-19-10-15-33-16-11-19)29-14-7-20-3-1-6-24(26(20)29)34(27(29)37)22-8-12-28(31,32)13-9-22/h1-6,10-11,15-16,18,22H,7-9,12-14,17H2. The minimum absolute atomic E-state index is 0.00120. The maximum Gasteiger partial charge on any atom is 0.258 e. The van der Waals surface area contributed by atoms with Gasteiger partial charge in [-0.05, 0) is 73.2 Å². The number of pyridine rings is 1. The summed E-state index contributed by atoms with van der Waals surface area (Å²) in [5.41, 5.74) is 2.03. The molecule has 2 amide bonds. The van der Waals surface area contributed by atoms with Crippen LogP contribution < -0.4 is 9.80 Å². The lowest BCUT2D eigenvalue weighted by atomic mass is 9.88. The van der Waals surface area contributed by atoms with Gasteiger partial charge >= 0.3 is 0 Å². The Balaban J connectivity index is 1.49. The molecule has 37 heavy (non-hydrogen) atoms. The molecular weight excluding hydrogens is 479 g/mol. The first-order valence-electron chi connectivity index (χ1n) is 12.6. The Labute approximate surface area is 212 Å². The van der Waals surface area contributed by atoms with Gasteiger partial charge in [0, 0.05) is 42.5 Å². The number of rotatable bonds is 5. The van der Waals surface area contributed by atoms with Gasteiger partial charge in [0.2, 0.25) is 11.8 Å². The Morgan fingerprint density at radius 2 is 1.76 bits per heavy atom. The normalized spacial score (nSPS) is 22.2. The zero-order valence-electron chi connectivity index (χ0n) is 20.2. The molecule has 0 spiro atoms. The summed E-state index contributed by atoms with van der Waals surface area (Å²) in [4.78, 5) is 35.7. The summed E-state index contributed by atoms with van der Waals surface area (Å²) in [6.07, 6.45) is 3.93. The molecular formula is C29H26F3N3O2. The molecule has 1 fully saturated rings. The lowest BCUT2D eigenvalue weighted by molar-refractivity contribution is -0.128. The van der Waals surface area contributed by atoms with Crippen molar-refractivity contribution in [1.29, 1.82) is 0 Å². The van der Waals surface area contributed by atoms with Crippen LogP contribution in [0.25, 0.3) is 0 Å². The van der Waals surface area contributed by atoms with Crippen molar-refractivity contribution in [1.82, 2.24) is 4.98 Å². The summed E-state index contributed by atoms with van der Waals surface area (Å²) in [5.74, 6) is -3.88. The van der Waals surface area contributed by atoms with Crippen LogP contribution in [-0.4, -0.2) is 28.8 Å². The summed E-state index contributed by atoms with van der Waals surface area (Å²) in [6.45, 7) is 0. The second kappa shape index (κ2) is 8.71. The van der Waals surface area contributed by atoms with Crippen LogP contribution in [0.5, 0.6) is 0 Å². The minimum Gasteiger partial charge on any atom is -0.307 e. The van der Waals surface area contributed by atoms with E-state index < -0.39 is 17.3 Å². The van der Waals surface area contributed by atoms with E-state index in [9.17, 15) is 22.8 Å². The fraction of sp³-hybridized carbons (Fsp3) is 0.345. The number of amides is 2. The van der Waals surface area contributed by atoms with Crippen molar-refractivity contribution >= 4 is 23.2 Å². The summed E-state index contributed by atoms with van der Waals surface area (Å²) >= 11 is 0. The van der Waals surface area contributed by atoms with Gasteiger partial charge in [-0.15, -0.1) is 0 Å². The highest BCUT2D eigenvalue weighted by atomic mass is 19.3. The number of anilines is 2. The molecule has 2 heterocycles. The van der Waals surface area contributed by atoms with E-state index in [2.05, 4.69) is 4.98 Å². The molecule has 1 aliphatic heterocycles. The van der Waals surface area contributed by atoms with Crippen molar-refractivity contribution in [2.45, 2.75) is 62.4 Å². The first kappa shape index (κ1) is 23.7. The van der Waals surface area contributed by atoms with E-state index in [1.165, 1.54) is 23.1 Å². The van der Waals surface area contributed by atoms with Crippen LogP contribution in [0.15, 0.2) is 67.0 Å². The monoisotopic (exact) mass is 505 g/mol. The number of aryl methyl sites for hydroxylation is 1. The number of nitrogens with zero attached hydrogens (tertiary/aromatic N) is 3. The van der Waals surface area contributed by atoms with Gasteiger partial charge in [-0.2, -0.15) is 0 Å². The van der Waals surface area contributed by atoms with E-state index in [-0.39, 0.29) is 50.0 Å². The largest absolute Gasteiger partial charge is 0.307 e. The molecule has 1 atom stereocenters. The number of carbonyl (C=O) groups is 2. The van der Waals surface area contributed by atoms with Gasteiger partial charge in [0.25, 0.3) is 5.91 Å². The Morgan fingerprint density at radius 1 is 1.03 bits per heavy atom. The molecule has 3 aromatic rings. The molecule has 3 aliphatic rings. The lowest BCUT2D eigenvalue weighted by Crippen LogP contribution is -2.57. The first-order valence-corrected chi connectivity index (χ1v) is 12.6. The SMILES string of the molecule is O=C(Cc1ccncc1)N(c1cccc(F)c1)C12CCc3cccc(c31)N(C1CCC(F)(F)CC1)C2=O. The molecule has 0 radical (unpaired) electrons. The van der Waals surface area contributed by atoms with Gasteiger partial charge < -0.3 is 4.90 Å². The number of carbonyl (C=O) groups excluding carboxylic acids is 2. The molecule has 1 aromatic heterocycles. The topological polar surface area (TPSA) is 53.5 Å². The van der Waals surface area contributed by atoms with Crippen LogP contribution in [0.2, 0.25) is 0 Å². The third kappa shape index (κ3) is 3.81. The predicted molar refractivity (Wildman–Crippen MR) is 133 cm³/mol.